The first kappa shape index (κ1) is 12.6. The van der Waals surface area contributed by atoms with Crippen LogP contribution in [0.15, 0.2) is 0 Å². The van der Waals surface area contributed by atoms with Gasteiger partial charge in [0.15, 0.2) is 0 Å². The highest BCUT2D eigenvalue weighted by Crippen LogP contribution is 2.01. The van der Waals surface area contributed by atoms with E-state index in [-0.39, 0.29) is 11.9 Å². The number of hydrogen-bond acceptors (Lipinski definition) is 6. The fourth-order valence-corrected chi connectivity index (χ4v) is 1.15. The van der Waals surface area contributed by atoms with E-state index in [1.54, 1.807) is 14.0 Å². The van der Waals surface area contributed by atoms with Crippen molar-refractivity contribution in [2.24, 2.45) is 5.73 Å². The number of hydrogen-bond donors (Lipinski definition) is 2. The van der Waals surface area contributed by atoms with Gasteiger partial charge in [0.25, 0.3) is 5.82 Å². The first-order valence-electron chi connectivity index (χ1n) is 5.02. The molecule has 0 aliphatic rings. The topological polar surface area (TPSA) is 103 Å². The van der Waals surface area contributed by atoms with Crippen molar-refractivity contribution >= 4 is 5.97 Å². The van der Waals surface area contributed by atoms with Crippen LogP contribution in [0.1, 0.15) is 23.4 Å². The lowest BCUT2D eigenvalue weighted by molar-refractivity contribution is 0.0512. The van der Waals surface area contributed by atoms with Gasteiger partial charge in [-0.25, -0.2) is 9.78 Å². The smallest absolute Gasteiger partial charge is 0.378 e. The van der Waals surface area contributed by atoms with Gasteiger partial charge in [0.2, 0.25) is 0 Å². The zero-order valence-electron chi connectivity index (χ0n) is 9.40. The van der Waals surface area contributed by atoms with E-state index in [9.17, 15) is 4.79 Å². The fraction of sp³-hybridized carbons (Fsp3) is 0.667. The standard InChI is InChI=1S/C9H16N4O3/c1-3-16-9(14)8-11-7(12-13-8)4-6(5-10)15-2/h6H,3-5,10H2,1-2H3,(H,11,12,13). The lowest BCUT2D eigenvalue weighted by atomic mass is 10.2. The normalized spacial score (nSPS) is 12.4. The summed E-state index contributed by atoms with van der Waals surface area (Å²) >= 11 is 0. The van der Waals surface area contributed by atoms with E-state index >= 15 is 0 Å². The van der Waals surface area contributed by atoms with E-state index < -0.39 is 5.97 Å². The van der Waals surface area contributed by atoms with E-state index in [4.69, 9.17) is 15.2 Å². The predicted octanol–water partition coefficient (Wildman–Crippen LogP) is -0.502. The van der Waals surface area contributed by atoms with E-state index in [1.165, 1.54) is 0 Å². The van der Waals surface area contributed by atoms with Crippen molar-refractivity contribution in [1.29, 1.82) is 0 Å². The number of esters is 1. The molecule has 0 aromatic carbocycles. The molecule has 0 aliphatic heterocycles. The largest absolute Gasteiger partial charge is 0.460 e. The van der Waals surface area contributed by atoms with Crippen molar-refractivity contribution < 1.29 is 14.3 Å². The monoisotopic (exact) mass is 228 g/mol. The minimum absolute atomic E-state index is 0.0312. The molecule has 7 nitrogen and oxygen atoms in total. The van der Waals surface area contributed by atoms with Crippen molar-refractivity contribution in [2.45, 2.75) is 19.4 Å². The maximum atomic E-state index is 11.3. The van der Waals surface area contributed by atoms with Crippen LogP contribution in [0.4, 0.5) is 0 Å². The molecule has 90 valence electrons. The Kier molecular flexibility index (Phi) is 4.87. The van der Waals surface area contributed by atoms with Crippen LogP contribution in [0.3, 0.4) is 0 Å². The molecule has 0 saturated heterocycles. The summed E-state index contributed by atoms with van der Waals surface area (Å²) in [6.07, 6.45) is 0.349. The van der Waals surface area contributed by atoms with Gasteiger partial charge in [-0.15, -0.1) is 5.10 Å². The molecule has 0 spiro atoms. The van der Waals surface area contributed by atoms with E-state index in [1.807, 2.05) is 0 Å². The average Bonchev–Trinajstić information content (AvgIpc) is 2.74. The summed E-state index contributed by atoms with van der Waals surface area (Å²) in [7, 11) is 1.57. The first-order valence-corrected chi connectivity index (χ1v) is 5.02. The second-order valence-corrected chi connectivity index (χ2v) is 3.12. The molecule has 16 heavy (non-hydrogen) atoms. The summed E-state index contributed by atoms with van der Waals surface area (Å²) < 4.78 is 9.85. The zero-order chi connectivity index (χ0) is 12.0. The summed E-state index contributed by atoms with van der Waals surface area (Å²) in [6, 6.07) is 0. The van der Waals surface area contributed by atoms with Crippen molar-refractivity contribution in [3.05, 3.63) is 11.6 Å². The molecule has 1 aromatic heterocycles. The molecule has 3 N–H and O–H groups in total. The predicted molar refractivity (Wildman–Crippen MR) is 55.9 cm³/mol. The third-order valence-electron chi connectivity index (χ3n) is 2.01. The molecule has 1 rings (SSSR count). The number of H-pyrrole nitrogens is 1. The van der Waals surface area contributed by atoms with Gasteiger partial charge in [0.05, 0.1) is 12.7 Å². The SMILES string of the molecule is CCOC(=O)c1n[nH]c(CC(CN)OC)n1. The summed E-state index contributed by atoms with van der Waals surface area (Å²) in [5.41, 5.74) is 5.47. The van der Waals surface area contributed by atoms with E-state index in [0.717, 1.165) is 0 Å². The van der Waals surface area contributed by atoms with Gasteiger partial charge in [-0.2, -0.15) is 0 Å². The maximum Gasteiger partial charge on any atom is 0.378 e. The summed E-state index contributed by atoms with van der Waals surface area (Å²) in [4.78, 5) is 15.2. The van der Waals surface area contributed by atoms with Crippen molar-refractivity contribution in [2.75, 3.05) is 20.3 Å². The minimum atomic E-state index is -0.535. The van der Waals surface area contributed by atoms with Gasteiger partial charge in [0, 0.05) is 20.1 Å². The van der Waals surface area contributed by atoms with Crippen molar-refractivity contribution in [1.82, 2.24) is 15.2 Å². The number of ether oxygens (including phenoxy) is 2. The summed E-state index contributed by atoms with van der Waals surface area (Å²) in [5.74, 6) is 0.0517. The van der Waals surface area contributed by atoms with Crippen LogP contribution in [-0.2, 0) is 15.9 Å². The third kappa shape index (κ3) is 3.28. The molecule has 0 aliphatic carbocycles. The molecular formula is C9H16N4O3. The number of nitrogens with one attached hydrogen (secondary N) is 1. The van der Waals surface area contributed by atoms with E-state index in [2.05, 4.69) is 15.2 Å². The van der Waals surface area contributed by atoms with Crippen molar-refractivity contribution in [3.8, 4) is 0 Å². The minimum Gasteiger partial charge on any atom is -0.460 e. The first-order chi connectivity index (χ1) is 7.71. The molecule has 0 bridgehead atoms. The van der Waals surface area contributed by atoms with Gasteiger partial charge in [0.1, 0.15) is 5.82 Å². The van der Waals surface area contributed by atoms with Crippen LogP contribution >= 0.6 is 0 Å². The Morgan fingerprint density at radius 3 is 2.94 bits per heavy atom. The van der Waals surface area contributed by atoms with Crippen LogP contribution < -0.4 is 5.73 Å². The Labute approximate surface area is 93.3 Å². The van der Waals surface area contributed by atoms with Crippen LogP contribution in [0, 0.1) is 0 Å². The van der Waals surface area contributed by atoms with Crippen molar-refractivity contribution in [3.63, 3.8) is 0 Å². The number of rotatable bonds is 6. The number of aromatic amines is 1. The summed E-state index contributed by atoms with van der Waals surface area (Å²) in [6.45, 7) is 2.40. The lowest BCUT2D eigenvalue weighted by Crippen LogP contribution is -2.25. The number of aromatic nitrogens is 3. The zero-order valence-corrected chi connectivity index (χ0v) is 9.40. The second kappa shape index (κ2) is 6.19. The van der Waals surface area contributed by atoms with Crippen LogP contribution in [0.2, 0.25) is 0 Å². The Bertz CT molecular complexity index is 335. The van der Waals surface area contributed by atoms with Crippen LogP contribution in [0.25, 0.3) is 0 Å². The average molecular weight is 228 g/mol. The quantitative estimate of drug-likeness (QED) is 0.636. The highest BCUT2D eigenvalue weighted by atomic mass is 16.5. The molecule has 0 radical (unpaired) electrons. The Hall–Kier alpha value is -1.47. The molecule has 0 saturated carbocycles. The number of carbonyl (C=O) groups is 1. The molecule has 1 atom stereocenters. The molecule has 1 heterocycles. The van der Waals surface area contributed by atoms with Crippen LogP contribution in [-0.4, -0.2) is 47.5 Å². The Balaban J connectivity index is 2.60. The highest BCUT2D eigenvalue weighted by molar-refractivity contribution is 5.84. The van der Waals surface area contributed by atoms with Gasteiger partial charge < -0.3 is 15.2 Å². The number of methoxy groups -OCH3 is 1. The molecule has 1 aromatic rings. The molecule has 0 fully saturated rings. The molecular weight excluding hydrogens is 212 g/mol. The number of nitrogens with zero attached hydrogens (tertiary/aromatic N) is 2. The highest BCUT2D eigenvalue weighted by Gasteiger charge is 2.15. The van der Waals surface area contributed by atoms with Gasteiger partial charge in [-0.1, -0.05) is 0 Å². The van der Waals surface area contributed by atoms with E-state index in [0.29, 0.717) is 25.4 Å². The fourth-order valence-electron chi connectivity index (χ4n) is 1.15. The lowest BCUT2D eigenvalue weighted by Gasteiger charge is -2.09. The molecule has 7 heteroatoms. The van der Waals surface area contributed by atoms with Gasteiger partial charge in [-0.05, 0) is 6.92 Å². The van der Waals surface area contributed by atoms with Gasteiger partial charge >= 0.3 is 5.97 Å². The maximum absolute atomic E-state index is 11.3. The Morgan fingerprint density at radius 2 is 2.38 bits per heavy atom. The number of nitrogens with two attached hydrogens (primary N) is 1. The van der Waals surface area contributed by atoms with Gasteiger partial charge in [-0.3, -0.25) is 5.10 Å². The summed E-state index contributed by atoms with van der Waals surface area (Å²) in [5, 5.41) is 6.40. The molecule has 0 amide bonds. The second-order valence-electron chi connectivity index (χ2n) is 3.12. The third-order valence-corrected chi connectivity index (χ3v) is 2.01. The number of carbonyl (C=O) groups excluding carboxylic acids is 1. The molecule has 1 unspecified atom stereocenters. The van der Waals surface area contributed by atoms with Crippen LogP contribution in [0.5, 0.6) is 0 Å². The Morgan fingerprint density at radius 1 is 1.62 bits per heavy atom.